The van der Waals surface area contributed by atoms with Crippen LogP contribution in [0.2, 0.25) is 0 Å². The number of anilines is 3. The van der Waals surface area contributed by atoms with E-state index in [0.29, 0.717) is 0 Å². The van der Waals surface area contributed by atoms with E-state index in [1.54, 1.807) is 0 Å². The Morgan fingerprint density at radius 3 is 1.50 bits per heavy atom. The molecular formula is C48H36N2. The summed E-state index contributed by atoms with van der Waals surface area (Å²) >= 11 is 0. The molecular weight excluding hydrogens is 605 g/mol. The van der Waals surface area contributed by atoms with Crippen LogP contribution in [0.3, 0.4) is 0 Å². The molecule has 0 saturated carbocycles. The number of allylic oxidation sites excluding steroid dienone is 1. The first-order chi connectivity index (χ1) is 24.8. The Balaban J connectivity index is 1.12. The molecule has 2 heteroatoms. The molecule has 0 saturated heterocycles. The quantitative estimate of drug-likeness (QED) is 0.168. The number of benzene rings is 7. The summed E-state index contributed by atoms with van der Waals surface area (Å²) < 4.78 is 2.46. The van der Waals surface area contributed by atoms with Crippen LogP contribution in [0.1, 0.15) is 17.7 Å². The summed E-state index contributed by atoms with van der Waals surface area (Å²) in [5.41, 5.74) is 15.8. The van der Waals surface area contributed by atoms with Gasteiger partial charge in [-0.05, 0) is 101 Å². The van der Waals surface area contributed by atoms with Gasteiger partial charge >= 0.3 is 0 Å². The molecule has 0 amide bonds. The molecule has 2 nitrogen and oxygen atoms in total. The van der Waals surface area contributed by atoms with Crippen molar-refractivity contribution in [2.45, 2.75) is 12.8 Å². The standard InChI is InChI=1S/C48H36N2/c1-3-13-35(14-4-1)37-23-29-40(30-24-37)49(41-31-25-38(26-32-41)36-15-5-2-6-16-36)42-33-27-39(28-34-42)43-17-7-10-20-46(43)50-47-21-11-8-18-44(47)45-19-9-12-22-48(45)50/h1-8,10-18,20-34H,9,19H2. The zero-order valence-electron chi connectivity index (χ0n) is 27.8. The Morgan fingerprint density at radius 1 is 0.420 bits per heavy atom. The van der Waals surface area contributed by atoms with Crippen LogP contribution in [0.25, 0.3) is 56.0 Å². The number of para-hydroxylation sites is 2. The average Bonchev–Trinajstić information content (AvgIpc) is 3.54. The van der Waals surface area contributed by atoms with Crippen molar-refractivity contribution < 1.29 is 0 Å². The van der Waals surface area contributed by atoms with Crippen LogP contribution in [-0.4, -0.2) is 4.57 Å². The lowest BCUT2D eigenvalue weighted by molar-refractivity contribution is 0.968. The van der Waals surface area contributed by atoms with Gasteiger partial charge in [0, 0.05) is 33.7 Å². The molecule has 1 aromatic heterocycles. The van der Waals surface area contributed by atoms with E-state index in [9.17, 15) is 0 Å². The summed E-state index contributed by atoms with van der Waals surface area (Å²) in [7, 11) is 0. The molecule has 0 N–H and O–H groups in total. The minimum atomic E-state index is 1.07. The third-order valence-electron chi connectivity index (χ3n) is 9.90. The highest BCUT2D eigenvalue weighted by atomic mass is 15.1. The Bertz CT molecular complexity index is 2350. The van der Waals surface area contributed by atoms with Crippen LogP contribution in [-0.2, 0) is 6.42 Å². The largest absolute Gasteiger partial charge is 0.311 e. The molecule has 0 atom stereocenters. The van der Waals surface area contributed by atoms with E-state index in [0.717, 1.165) is 29.9 Å². The number of hydrogen-bond donors (Lipinski definition) is 0. The number of nitrogens with zero attached hydrogens (tertiary/aromatic N) is 2. The lowest BCUT2D eigenvalue weighted by Gasteiger charge is -2.26. The molecule has 50 heavy (non-hydrogen) atoms. The smallest absolute Gasteiger partial charge is 0.0540 e. The third-order valence-corrected chi connectivity index (χ3v) is 9.90. The summed E-state index contributed by atoms with van der Waals surface area (Å²) in [4.78, 5) is 2.35. The van der Waals surface area contributed by atoms with Gasteiger partial charge in [0.15, 0.2) is 0 Å². The van der Waals surface area contributed by atoms with Gasteiger partial charge in [-0.15, -0.1) is 0 Å². The fourth-order valence-electron chi connectivity index (χ4n) is 7.46. The molecule has 7 aromatic carbocycles. The van der Waals surface area contributed by atoms with Gasteiger partial charge in [0.2, 0.25) is 0 Å². The highest BCUT2D eigenvalue weighted by Crippen LogP contribution is 2.40. The van der Waals surface area contributed by atoms with Crippen LogP contribution in [0, 0.1) is 0 Å². The lowest BCUT2D eigenvalue weighted by Crippen LogP contribution is -2.10. The molecule has 8 aromatic rings. The van der Waals surface area contributed by atoms with E-state index < -0.39 is 0 Å². The second kappa shape index (κ2) is 12.9. The molecule has 1 heterocycles. The minimum absolute atomic E-state index is 1.07. The summed E-state index contributed by atoms with van der Waals surface area (Å²) in [6, 6.07) is 65.6. The zero-order valence-corrected chi connectivity index (χ0v) is 27.8. The Hall–Kier alpha value is -6.38. The average molecular weight is 641 g/mol. The maximum absolute atomic E-state index is 2.46. The maximum Gasteiger partial charge on any atom is 0.0540 e. The molecule has 0 radical (unpaired) electrons. The number of aryl methyl sites for hydroxylation is 1. The Morgan fingerprint density at radius 2 is 0.900 bits per heavy atom. The van der Waals surface area contributed by atoms with Gasteiger partial charge < -0.3 is 9.47 Å². The molecule has 0 bridgehead atoms. The second-order valence-corrected chi connectivity index (χ2v) is 12.9. The van der Waals surface area contributed by atoms with E-state index in [-0.39, 0.29) is 0 Å². The van der Waals surface area contributed by atoms with Crippen LogP contribution in [0.5, 0.6) is 0 Å². The van der Waals surface area contributed by atoms with Crippen molar-refractivity contribution in [1.29, 1.82) is 0 Å². The van der Waals surface area contributed by atoms with E-state index in [2.05, 4.69) is 204 Å². The monoisotopic (exact) mass is 640 g/mol. The summed E-state index contributed by atoms with van der Waals surface area (Å²) in [6.07, 6.45) is 6.78. The first-order valence-corrected chi connectivity index (χ1v) is 17.4. The Labute approximate surface area is 293 Å². The van der Waals surface area contributed by atoms with Gasteiger partial charge in [-0.3, -0.25) is 0 Å². The Kier molecular flexibility index (Phi) is 7.68. The molecule has 0 aliphatic heterocycles. The van der Waals surface area contributed by atoms with Crippen molar-refractivity contribution in [3.8, 4) is 39.1 Å². The van der Waals surface area contributed by atoms with Crippen molar-refractivity contribution in [2.24, 2.45) is 0 Å². The third kappa shape index (κ3) is 5.41. The molecule has 0 fully saturated rings. The molecule has 1 aliphatic rings. The first kappa shape index (κ1) is 29.7. The summed E-state index contributed by atoms with van der Waals surface area (Å²) in [5, 5.41) is 1.35. The van der Waals surface area contributed by atoms with Crippen molar-refractivity contribution in [1.82, 2.24) is 4.57 Å². The lowest BCUT2D eigenvalue weighted by atomic mass is 10.0. The van der Waals surface area contributed by atoms with Crippen molar-refractivity contribution in [2.75, 3.05) is 4.90 Å². The van der Waals surface area contributed by atoms with Gasteiger partial charge in [-0.25, -0.2) is 0 Å². The minimum Gasteiger partial charge on any atom is -0.311 e. The van der Waals surface area contributed by atoms with Gasteiger partial charge in [0.05, 0.1) is 11.2 Å². The first-order valence-electron chi connectivity index (χ1n) is 17.4. The number of fused-ring (bicyclic) bond motifs is 3. The molecule has 0 spiro atoms. The second-order valence-electron chi connectivity index (χ2n) is 12.9. The van der Waals surface area contributed by atoms with Crippen molar-refractivity contribution in [3.05, 3.63) is 199 Å². The predicted molar refractivity (Wildman–Crippen MR) is 212 cm³/mol. The van der Waals surface area contributed by atoms with E-state index in [4.69, 9.17) is 0 Å². The summed E-state index contributed by atoms with van der Waals surface area (Å²) in [6.45, 7) is 0. The molecule has 0 unspecified atom stereocenters. The van der Waals surface area contributed by atoms with Gasteiger partial charge in [0.25, 0.3) is 0 Å². The van der Waals surface area contributed by atoms with Gasteiger partial charge in [-0.1, -0.05) is 140 Å². The summed E-state index contributed by atoms with van der Waals surface area (Å²) in [5.74, 6) is 0. The van der Waals surface area contributed by atoms with E-state index in [1.807, 2.05) is 0 Å². The number of hydrogen-bond acceptors (Lipinski definition) is 1. The molecule has 238 valence electrons. The van der Waals surface area contributed by atoms with Crippen molar-refractivity contribution >= 4 is 34.0 Å². The predicted octanol–water partition coefficient (Wildman–Crippen LogP) is 13.1. The zero-order chi connectivity index (χ0) is 33.3. The number of aromatic nitrogens is 1. The number of rotatable bonds is 7. The fourth-order valence-corrected chi connectivity index (χ4v) is 7.46. The SMILES string of the molecule is C1=Cc2c(c3ccccc3n2-c2ccccc2-c2ccc(N(c3ccc(-c4ccccc4)cc3)c3ccc(-c4ccccc4)cc3)cc2)CC1. The maximum atomic E-state index is 2.46. The topological polar surface area (TPSA) is 8.17 Å². The highest BCUT2D eigenvalue weighted by Gasteiger charge is 2.20. The highest BCUT2D eigenvalue weighted by molar-refractivity contribution is 5.92. The van der Waals surface area contributed by atoms with Crippen LogP contribution in [0.15, 0.2) is 188 Å². The fraction of sp³-hybridized carbons (Fsp3) is 0.0417. The molecule has 1 aliphatic carbocycles. The van der Waals surface area contributed by atoms with E-state index in [1.165, 1.54) is 61.2 Å². The van der Waals surface area contributed by atoms with E-state index >= 15 is 0 Å². The molecule has 9 rings (SSSR count). The van der Waals surface area contributed by atoms with Gasteiger partial charge in [-0.2, -0.15) is 0 Å². The van der Waals surface area contributed by atoms with Crippen LogP contribution < -0.4 is 4.90 Å². The normalized spacial score (nSPS) is 12.2. The van der Waals surface area contributed by atoms with Crippen molar-refractivity contribution in [3.63, 3.8) is 0 Å². The van der Waals surface area contributed by atoms with Crippen LogP contribution in [0.4, 0.5) is 17.1 Å². The van der Waals surface area contributed by atoms with Gasteiger partial charge in [0.1, 0.15) is 0 Å². The van der Waals surface area contributed by atoms with Crippen LogP contribution >= 0.6 is 0 Å².